The second-order valence-electron chi connectivity index (χ2n) is 7.11. The number of aliphatic imine (C=N–C) groups is 2. The van der Waals surface area contributed by atoms with Gasteiger partial charge in [0.25, 0.3) is 0 Å². The topological polar surface area (TPSA) is 80.1 Å². The van der Waals surface area contributed by atoms with E-state index in [1.165, 1.54) is 6.08 Å². The largest absolute Gasteiger partial charge is 0.489 e. The van der Waals surface area contributed by atoms with E-state index >= 15 is 0 Å². The summed E-state index contributed by atoms with van der Waals surface area (Å²) >= 11 is 1.55. The van der Waals surface area contributed by atoms with Crippen LogP contribution >= 0.6 is 11.8 Å². The van der Waals surface area contributed by atoms with Crippen molar-refractivity contribution < 1.29 is 14.3 Å². The highest BCUT2D eigenvalue weighted by atomic mass is 32.2. The van der Waals surface area contributed by atoms with Crippen LogP contribution in [-0.2, 0) is 14.3 Å². The van der Waals surface area contributed by atoms with Gasteiger partial charge in [-0.2, -0.15) is 0 Å². The van der Waals surface area contributed by atoms with Crippen LogP contribution in [0.1, 0.15) is 40.0 Å². The molecule has 0 saturated carbocycles. The molecule has 0 spiro atoms. The predicted octanol–water partition coefficient (Wildman–Crippen LogP) is 3.25. The molecule has 1 heterocycles. The zero-order valence-corrected chi connectivity index (χ0v) is 17.9. The van der Waals surface area contributed by atoms with Crippen molar-refractivity contribution in [1.29, 1.82) is 0 Å². The van der Waals surface area contributed by atoms with Crippen molar-refractivity contribution >= 4 is 34.2 Å². The minimum absolute atomic E-state index is 0.0235. The van der Waals surface area contributed by atoms with E-state index in [0.29, 0.717) is 18.1 Å². The van der Waals surface area contributed by atoms with Crippen LogP contribution in [0.3, 0.4) is 0 Å². The van der Waals surface area contributed by atoms with E-state index in [2.05, 4.69) is 28.8 Å². The molecule has 28 heavy (non-hydrogen) atoms. The summed E-state index contributed by atoms with van der Waals surface area (Å²) in [6.07, 6.45) is 6.90. The fraction of sp³-hybridized carbons (Fsp3) is 0.524. The number of rotatable bonds is 9. The SMILES string of the molecule is C=CCOC1=CC(=O)CC([C@@H](CCC)NC(=O)[C@]2(C)CSC(C(C)=NC)=N2)=C1. The summed E-state index contributed by atoms with van der Waals surface area (Å²) in [6.45, 7) is 9.75. The normalized spacial score (nSPS) is 23.5. The Morgan fingerprint density at radius 1 is 1.54 bits per heavy atom. The standard InChI is InChI=1S/C21H29N3O3S/c1-6-8-18(15-10-16(25)12-17(11-15)27-9-7-2)23-20(26)21(4)13-28-19(24-21)14(3)22-5/h7,11-12,18H,2,6,8-10,13H2,1,3-5H3,(H,23,26)/t18-,21+/m1/s1. The number of nitrogens with zero attached hydrogens (tertiary/aromatic N) is 2. The number of ether oxygens (including phenoxy) is 1. The van der Waals surface area contributed by atoms with Gasteiger partial charge in [0.2, 0.25) is 5.91 Å². The minimum atomic E-state index is -0.838. The number of carbonyl (C=O) groups excluding carboxylic acids is 2. The van der Waals surface area contributed by atoms with Gasteiger partial charge in [-0.25, -0.2) is 0 Å². The first-order valence-corrected chi connectivity index (χ1v) is 10.5. The summed E-state index contributed by atoms with van der Waals surface area (Å²) in [6, 6.07) is -0.223. The summed E-state index contributed by atoms with van der Waals surface area (Å²) in [7, 11) is 1.72. The monoisotopic (exact) mass is 403 g/mol. The zero-order valence-electron chi connectivity index (χ0n) is 17.1. The summed E-state index contributed by atoms with van der Waals surface area (Å²) in [4.78, 5) is 34.0. The molecule has 6 nitrogen and oxygen atoms in total. The van der Waals surface area contributed by atoms with Crippen LogP contribution in [0, 0.1) is 0 Å². The van der Waals surface area contributed by atoms with Gasteiger partial charge in [0.1, 0.15) is 22.9 Å². The molecule has 0 unspecified atom stereocenters. The molecule has 0 saturated heterocycles. The van der Waals surface area contributed by atoms with Crippen molar-refractivity contribution in [1.82, 2.24) is 5.32 Å². The van der Waals surface area contributed by atoms with Crippen molar-refractivity contribution in [3.8, 4) is 0 Å². The van der Waals surface area contributed by atoms with E-state index in [9.17, 15) is 9.59 Å². The predicted molar refractivity (Wildman–Crippen MR) is 116 cm³/mol. The Kier molecular flexibility index (Phi) is 7.80. The molecule has 1 aliphatic heterocycles. The molecule has 2 atom stereocenters. The molecular formula is C21H29N3O3S. The summed E-state index contributed by atoms with van der Waals surface area (Å²) in [5, 5.41) is 3.93. The number of thioether (sulfide) groups is 1. The smallest absolute Gasteiger partial charge is 0.249 e. The van der Waals surface area contributed by atoms with Gasteiger partial charge in [-0.05, 0) is 31.9 Å². The number of carbonyl (C=O) groups is 2. The number of amides is 1. The molecule has 0 radical (unpaired) electrons. The highest BCUT2D eigenvalue weighted by Gasteiger charge is 2.40. The second kappa shape index (κ2) is 9.87. The molecule has 0 aromatic carbocycles. The van der Waals surface area contributed by atoms with Gasteiger partial charge in [0.05, 0.1) is 11.8 Å². The zero-order chi connectivity index (χ0) is 20.7. The molecule has 1 aliphatic carbocycles. The third kappa shape index (κ3) is 5.44. The highest BCUT2D eigenvalue weighted by Crippen LogP contribution is 2.30. The van der Waals surface area contributed by atoms with Gasteiger partial charge >= 0.3 is 0 Å². The number of allylic oxidation sites excluding steroid dienone is 2. The van der Waals surface area contributed by atoms with Crippen molar-refractivity contribution in [3.05, 3.63) is 36.1 Å². The average Bonchev–Trinajstić information content (AvgIpc) is 3.08. The quantitative estimate of drug-likeness (QED) is 0.473. The van der Waals surface area contributed by atoms with Crippen LogP contribution in [-0.4, -0.2) is 53.4 Å². The van der Waals surface area contributed by atoms with Gasteiger partial charge in [0.15, 0.2) is 5.78 Å². The first-order valence-electron chi connectivity index (χ1n) is 9.49. The highest BCUT2D eigenvalue weighted by molar-refractivity contribution is 8.16. The lowest BCUT2D eigenvalue weighted by atomic mass is 9.92. The Labute approximate surface area is 171 Å². The number of hydrogen-bond acceptors (Lipinski definition) is 6. The van der Waals surface area contributed by atoms with E-state index in [1.54, 1.807) is 24.9 Å². The third-order valence-electron chi connectivity index (χ3n) is 4.68. The number of nitrogens with one attached hydrogen (secondary N) is 1. The third-order valence-corrected chi connectivity index (χ3v) is 6.05. The maximum Gasteiger partial charge on any atom is 0.249 e. The maximum absolute atomic E-state index is 13.0. The van der Waals surface area contributed by atoms with E-state index in [-0.39, 0.29) is 24.2 Å². The van der Waals surface area contributed by atoms with E-state index < -0.39 is 5.54 Å². The Hall–Kier alpha value is -2.15. The lowest BCUT2D eigenvalue weighted by Gasteiger charge is -2.27. The van der Waals surface area contributed by atoms with Crippen LogP contribution in [0.25, 0.3) is 0 Å². The van der Waals surface area contributed by atoms with Crippen LogP contribution < -0.4 is 5.32 Å². The fourth-order valence-corrected chi connectivity index (χ4v) is 4.18. The molecular weight excluding hydrogens is 374 g/mol. The van der Waals surface area contributed by atoms with Crippen LogP contribution in [0.4, 0.5) is 0 Å². The molecule has 0 fully saturated rings. The molecule has 1 N–H and O–H groups in total. The van der Waals surface area contributed by atoms with Gasteiger partial charge in [-0.1, -0.05) is 26.0 Å². The molecule has 0 bridgehead atoms. The molecule has 0 aromatic heterocycles. The fourth-order valence-electron chi connectivity index (χ4n) is 3.00. The van der Waals surface area contributed by atoms with Gasteiger partial charge in [-0.3, -0.25) is 19.6 Å². The molecule has 7 heteroatoms. The first-order chi connectivity index (χ1) is 13.3. The van der Waals surface area contributed by atoms with Crippen molar-refractivity contribution in [2.24, 2.45) is 9.98 Å². The van der Waals surface area contributed by atoms with E-state index in [1.807, 2.05) is 19.9 Å². The molecule has 2 rings (SSSR count). The summed E-state index contributed by atoms with van der Waals surface area (Å²) in [5.74, 6) is 0.934. The number of ketones is 1. The Balaban J connectivity index is 2.18. The Morgan fingerprint density at radius 3 is 2.93 bits per heavy atom. The van der Waals surface area contributed by atoms with Gasteiger partial charge in [0, 0.05) is 25.3 Å². The summed E-state index contributed by atoms with van der Waals surface area (Å²) in [5.41, 5.74) is 0.864. The lowest BCUT2D eigenvalue weighted by molar-refractivity contribution is -0.125. The van der Waals surface area contributed by atoms with Gasteiger partial charge < -0.3 is 10.1 Å². The van der Waals surface area contributed by atoms with Crippen LogP contribution in [0.5, 0.6) is 0 Å². The van der Waals surface area contributed by atoms with Crippen molar-refractivity contribution in [3.63, 3.8) is 0 Å². The first kappa shape index (κ1) is 22.1. The van der Waals surface area contributed by atoms with E-state index in [4.69, 9.17) is 4.74 Å². The van der Waals surface area contributed by atoms with Gasteiger partial charge in [-0.15, -0.1) is 11.8 Å². The Morgan fingerprint density at radius 2 is 2.29 bits per heavy atom. The second-order valence-corrected chi connectivity index (χ2v) is 8.08. The van der Waals surface area contributed by atoms with Crippen LogP contribution in [0.2, 0.25) is 0 Å². The molecule has 1 amide bonds. The van der Waals surface area contributed by atoms with Crippen LogP contribution in [0.15, 0.2) is 46.1 Å². The lowest BCUT2D eigenvalue weighted by Crippen LogP contribution is -2.48. The molecule has 0 aromatic rings. The molecule has 152 valence electrons. The van der Waals surface area contributed by atoms with E-state index in [0.717, 1.165) is 29.2 Å². The average molecular weight is 404 g/mol. The maximum atomic E-state index is 13.0. The number of hydrogen-bond donors (Lipinski definition) is 1. The minimum Gasteiger partial charge on any atom is -0.489 e. The van der Waals surface area contributed by atoms with Crippen molar-refractivity contribution in [2.75, 3.05) is 19.4 Å². The molecule has 2 aliphatic rings. The Bertz CT molecular complexity index is 767. The summed E-state index contributed by atoms with van der Waals surface area (Å²) < 4.78 is 5.53. The van der Waals surface area contributed by atoms with Crippen molar-refractivity contribution in [2.45, 2.75) is 51.6 Å².